The first-order valence-corrected chi connectivity index (χ1v) is 8.33. The van der Waals surface area contributed by atoms with Crippen LogP contribution in [0.1, 0.15) is 66.2 Å². The van der Waals surface area contributed by atoms with Gasteiger partial charge in [0.2, 0.25) is 0 Å². The highest BCUT2D eigenvalue weighted by Crippen LogP contribution is 2.33. The number of nitrogens with zero attached hydrogens (tertiary/aromatic N) is 1. The molecule has 0 aliphatic heterocycles. The largest absolute Gasteiger partial charge is 0.317 e. The Labute approximate surface area is 121 Å². The molecule has 0 amide bonds. The molecule has 0 saturated heterocycles. The molecule has 0 aromatic rings. The van der Waals surface area contributed by atoms with E-state index in [1.165, 1.54) is 45.1 Å². The lowest BCUT2D eigenvalue weighted by Gasteiger charge is -2.42. The quantitative estimate of drug-likeness (QED) is 0.753. The Morgan fingerprint density at radius 1 is 1.21 bits per heavy atom. The van der Waals surface area contributed by atoms with Crippen molar-refractivity contribution in [3.8, 4) is 0 Å². The van der Waals surface area contributed by atoms with Gasteiger partial charge in [0.1, 0.15) is 0 Å². The SMILES string of the molecule is CCCC1CCC(NC)C(CN(C)C(C)(C)CC)C1. The minimum Gasteiger partial charge on any atom is -0.317 e. The van der Waals surface area contributed by atoms with Crippen molar-refractivity contribution < 1.29 is 0 Å². The Bertz CT molecular complexity index is 250. The Balaban J connectivity index is 2.60. The molecular weight excluding hydrogens is 232 g/mol. The Hall–Kier alpha value is -0.0800. The average Bonchev–Trinajstić information content (AvgIpc) is 2.39. The first-order valence-electron chi connectivity index (χ1n) is 8.33. The molecule has 1 rings (SSSR count). The van der Waals surface area contributed by atoms with E-state index < -0.39 is 0 Å². The van der Waals surface area contributed by atoms with Gasteiger partial charge in [-0.05, 0) is 65.5 Å². The number of rotatable bonds is 7. The predicted octanol–water partition coefficient (Wildman–Crippen LogP) is 3.91. The van der Waals surface area contributed by atoms with Crippen molar-refractivity contribution in [3.63, 3.8) is 0 Å². The van der Waals surface area contributed by atoms with Crippen molar-refractivity contribution >= 4 is 0 Å². The van der Waals surface area contributed by atoms with Gasteiger partial charge in [0.25, 0.3) is 0 Å². The summed E-state index contributed by atoms with van der Waals surface area (Å²) in [7, 11) is 4.45. The maximum atomic E-state index is 3.56. The van der Waals surface area contributed by atoms with E-state index in [4.69, 9.17) is 0 Å². The molecule has 0 spiro atoms. The summed E-state index contributed by atoms with van der Waals surface area (Å²) in [6.45, 7) is 10.6. The molecule has 0 aromatic heterocycles. The molecule has 114 valence electrons. The van der Waals surface area contributed by atoms with Crippen LogP contribution < -0.4 is 5.32 Å². The summed E-state index contributed by atoms with van der Waals surface area (Å²) in [6, 6.07) is 0.725. The molecule has 2 nitrogen and oxygen atoms in total. The second kappa shape index (κ2) is 7.64. The molecule has 3 atom stereocenters. The van der Waals surface area contributed by atoms with Crippen LogP contribution in [0.2, 0.25) is 0 Å². The minimum absolute atomic E-state index is 0.329. The molecule has 0 radical (unpaired) electrons. The third-order valence-corrected chi connectivity index (χ3v) is 5.57. The van der Waals surface area contributed by atoms with E-state index in [9.17, 15) is 0 Å². The zero-order valence-corrected chi connectivity index (χ0v) is 14.1. The zero-order chi connectivity index (χ0) is 14.5. The smallest absolute Gasteiger partial charge is 0.0147 e. The fourth-order valence-electron chi connectivity index (χ4n) is 3.48. The molecule has 1 aliphatic carbocycles. The van der Waals surface area contributed by atoms with Gasteiger partial charge in [-0.25, -0.2) is 0 Å². The normalized spacial score (nSPS) is 28.9. The fourth-order valence-corrected chi connectivity index (χ4v) is 3.48. The van der Waals surface area contributed by atoms with Gasteiger partial charge in [-0.1, -0.05) is 26.7 Å². The standard InChI is InChI=1S/C17H36N2/c1-7-9-14-10-11-16(18-5)15(12-14)13-19(6)17(3,4)8-2/h14-16,18H,7-13H2,1-6H3. The van der Waals surface area contributed by atoms with Gasteiger partial charge in [-0.3, -0.25) is 0 Å². The summed E-state index contributed by atoms with van der Waals surface area (Å²) in [6.07, 6.45) is 8.21. The third-order valence-electron chi connectivity index (χ3n) is 5.57. The Kier molecular flexibility index (Phi) is 6.82. The Morgan fingerprint density at radius 2 is 1.89 bits per heavy atom. The van der Waals surface area contributed by atoms with E-state index in [0.29, 0.717) is 5.54 Å². The van der Waals surface area contributed by atoms with Crippen LogP contribution in [0, 0.1) is 11.8 Å². The van der Waals surface area contributed by atoms with Crippen LogP contribution in [0.3, 0.4) is 0 Å². The van der Waals surface area contributed by atoms with Crippen LogP contribution in [-0.4, -0.2) is 37.1 Å². The van der Waals surface area contributed by atoms with E-state index >= 15 is 0 Å². The van der Waals surface area contributed by atoms with Crippen LogP contribution in [0.4, 0.5) is 0 Å². The van der Waals surface area contributed by atoms with Gasteiger partial charge < -0.3 is 10.2 Å². The van der Waals surface area contributed by atoms with Crippen LogP contribution in [-0.2, 0) is 0 Å². The zero-order valence-electron chi connectivity index (χ0n) is 14.1. The molecule has 19 heavy (non-hydrogen) atoms. The molecule has 1 fully saturated rings. The minimum atomic E-state index is 0.329. The highest BCUT2D eigenvalue weighted by Gasteiger charge is 2.32. The molecule has 2 heteroatoms. The van der Waals surface area contributed by atoms with Crippen LogP contribution >= 0.6 is 0 Å². The summed E-state index contributed by atoms with van der Waals surface area (Å²) in [5, 5.41) is 3.56. The van der Waals surface area contributed by atoms with Crippen molar-refractivity contribution in [2.75, 3.05) is 20.6 Å². The lowest BCUT2D eigenvalue weighted by atomic mass is 9.75. The predicted molar refractivity (Wildman–Crippen MR) is 85.6 cm³/mol. The first kappa shape index (κ1) is 17.0. The highest BCUT2D eigenvalue weighted by molar-refractivity contribution is 4.88. The lowest BCUT2D eigenvalue weighted by molar-refractivity contribution is 0.0880. The maximum absolute atomic E-state index is 3.56. The first-order chi connectivity index (χ1) is 8.94. The molecular formula is C17H36N2. The van der Waals surface area contributed by atoms with Gasteiger partial charge >= 0.3 is 0 Å². The number of hydrogen-bond donors (Lipinski definition) is 1. The van der Waals surface area contributed by atoms with E-state index in [0.717, 1.165) is 17.9 Å². The van der Waals surface area contributed by atoms with Gasteiger partial charge in [-0.2, -0.15) is 0 Å². The average molecular weight is 268 g/mol. The molecule has 1 N–H and O–H groups in total. The van der Waals surface area contributed by atoms with Gasteiger partial charge in [0.05, 0.1) is 0 Å². The van der Waals surface area contributed by atoms with Gasteiger partial charge in [-0.15, -0.1) is 0 Å². The van der Waals surface area contributed by atoms with Crippen molar-refractivity contribution in [3.05, 3.63) is 0 Å². The third kappa shape index (κ3) is 4.75. The van der Waals surface area contributed by atoms with Gasteiger partial charge in [0, 0.05) is 18.1 Å². The van der Waals surface area contributed by atoms with E-state index in [2.05, 4.69) is 52.0 Å². The molecule has 0 heterocycles. The van der Waals surface area contributed by atoms with Crippen LogP contribution in [0.15, 0.2) is 0 Å². The monoisotopic (exact) mass is 268 g/mol. The van der Waals surface area contributed by atoms with Crippen molar-refractivity contribution in [1.29, 1.82) is 0 Å². The number of nitrogens with one attached hydrogen (secondary N) is 1. The van der Waals surface area contributed by atoms with Crippen LogP contribution in [0.5, 0.6) is 0 Å². The summed E-state index contributed by atoms with van der Waals surface area (Å²) < 4.78 is 0. The Morgan fingerprint density at radius 3 is 2.42 bits per heavy atom. The molecule has 1 aliphatic rings. The second-order valence-corrected chi connectivity index (χ2v) is 7.17. The lowest BCUT2D eigenvalue weighted by Crippen LogP contribution is -2.49. The maximum Gasteiger partial charge on any atom is 0.0147 e. The molecule has 0 aromatic carbocycles. The summed E-state index contributed by atoms with van der Waals surface area (Å²) >= 11 is 0. The van der Waals surface area contributed by atoms with Crippen molar-refractivity contribution in [2.24, 2.45) is 11.8 Å². The molecule has 1 saturated carbocycles. The van der Waals surface area contributed by atoms with E-state index in [1.807, 2.05) is 0 Å². The molecule has 0 bridgehead atoms. The highest BCUT2D eigenvalue weighted by atomic mass is 15.2. The van der Waals surface area contributed by atoms with Crippen molar-refractivity contribution in [1.82, 2.24) is 10.2 Å². The summed E-state index contributed by atoms with van der Waals surface area (Å²) in [4.78, 5) is 2.58. The van der Waals surface area contributed by atoms with Crippen molar-refractivity contribution in [2.45, 2.75) is 77.8 Å². The number of hydrogen-bond acceptors (Lipinski definition) is 2. The van der Waals surface area contributed by atoms with Crippen LogP contribution in [0.25, 0.3) is 0 Å². The topological polar surface area (TPSA) is 15.3 Å². The van der Waals surface area contributed by atoms with E-state index in [1.54, 1.807) is 0 Å². The fraction of sp³-hybridized carbons (Fsp3) is 1.00. The second-order valence-electron chi connectivity index (χ2n) is 7.17. The summed E-state index contributed by atoms with van der Waals surface area (Å²) in [5.41, 5.74) is 0.329. The summed E-state index contributed by atoms with van der Waals surface area (Å²) in [5.74, 6) is 1.80. The molecule has 3 unspecified atom stereocenters. The van der Waals surface area contributed by atoms with E-state index in [-0.39, 0.29) is 0 Å². The van der Waals surface area contributed by atoms with Gasteiger partial charge in [0.15, 0.2) is 0 Å².